The van der Waals surface area contributed by atoms with E-state index in [1.807, 2.05) is 4.57 Å². The number of nitrogens with zero attached hydrogens (tertiary/aromatic N) is 5. The molecule has 9 heteroatoms. The number of aromatic nitrogens is 4. The Balaban J connectivity index is 1.85. The van der Waals surface area contributed by atoms with E-state index in [2.05, 4.69) is 15.0 Å². The summed E-state index contributed by atoms with van der Waals surface area (Å²) >= 11 is 0. The largest absolute Gasteiger partial charge is 0.389 e. The fraction of sp³-hybridized carbons (Fsp3) is 0.571. The zero-order chi connectivity index (χ0) is 16.6. The molecule has 124 valence electrons. The van der Waals surface area contributed by atoms with E-state index in [1.165, 1.54) is 6.33 Å². The zero-order valence-corrected chi connectivity index (χ0v) is 13.0. The summed E-state index contributed by atoms with van der Waals surface area (Å²) in [6.07, 6.45) is 4.01. The minimum absolute atomic E-state index is 0.0562. The summed E-state index contributed by atoms with van der Waals surface area (Å²) in [6.45, 7) is 0.303. The SMILES string of the molecule is CN(C(=O)CCN)[C@@H]1CC[C@H](n2cnc3c(N)ncnc32)[C@H]1O. The molecule has 0 unspecified atom stereocenters. The molecule has 3 atom stereocenters. The fourth-order valence-corrected chi connectivity index (χ4v) is 3.26. The molecule has 0 aromatic carbocycles. The number of aliphatic hydroxyl groups excluding tert-OH is 1. The third-order valence-corrected chi connectivity index (χ3v) is 4.54. The molecule has 0 spiro atoms. The number of carbonyl (C=O) groups is 1. The normalized spacial score (nSPS) is 24.2. The standard InChI is InChI=1S/C14H21N7O2/c1-20(10(22)4-5-15)8-2-3-9(12(8)23)21-7-19-11-13(16)17-6-18-14(11)21/h6-9,12,23H,2-5,15H2,1H3,(H2,16,17,18)/t8-,9+,12+/m1/s1. The van der Waals surface area contributed by atoms with Gasteiger partial charge in [-0.25, -0.2) is 15.0 Å². The van der Waals surface area contributed by atoms with Gasteiger partial charge in [-0.15, -0.1) is 0 Å². The molecular formula is C14H21N7O2. The van der Waals surface area contributed by atoms with Gasteiger partial charge in [0, 0.05) is 20.0 Å². The van der Waals surface area contributed by atoms with E-state index in [1.54, 1.807) is 18.3 Å². The van der Waals surface area contributed by atoms with Crippen LogP contribution in [0.1, 0.15) is 25.3 Å². The second-order valence-electron chi connectivity index (χ2n) is 5.83. The molecular weight excluding hydrogens is 298 g/mol. The monoisotopic (exact) mass is 319 g/mol. The van der Waals surface area contributed by atoms with Crippen LogP contribution in [-0.4, -0.2) is 61.2 Å². The first-order valence-electron chi connectivity index (χ1n) is 7.61. The van der Waals surface area contributed by atoms with Crippen molar-refractivity contribution in [3.05, 3.63) is 12.7 Å². The van der Waals surface area contributed by atoms with Gasteiger partial charge >= 0.3 is 0 Å². The molecule has 9 nitrogen and oxygen atoms in total. The highest BCUT2D eigenvalue weighted by Crippen LogP contribution is 2.35. The zero-order valence-electron chi connectivity index (χ0n) is 13.0. The van der Waals surface area contributed by atoms with Crippen LogP contribution in [0.3, 0.4) is 0 Å². The van der Waals surface area contributed by atoms with E-state index in [0.717, 1.165) is 6.42 Å². The fourth-order valence-electron chi connectivity index (χ4n) is 3.26. The van der Waals surface area contributed by atoms with Crippen molar-refractivity contribution >= 4 is 22.9 Å². The Bertz CT molecular complexity index is 716. The molecule has 2 aromatic heterocycles. The molecule has 0 bridgehead atoms. The number of carbonyl (C=O) groups excluding carboxylic acids is 1. The van der Waals surface area contributed by atoms with Crippen molar-refractivity contribution in [3.8, 4) is 0 Å². The van der Waals surface area contributed by atoms with Gasteiger partial charge < -0.3 is 26.0 Å². The molecule has 23 heavy (non-hydrogen) atoms. The Labute approximate surface area is 133 Å². The van der Waals surface area contributed by atoms with E-state index >= 15 is 0 Å². The van der Waals surface area contributed by atoms with Crippen LogP contribution in [0.4, 0.5) is 5.82 Å². The van der Waals surface area contributed by atoms with Crippen molar-refractivity contribution in [3.63, 3.8) is 0 Å². The average molecular weight is 319 g/mol. The molecule has 1 amide bonds. The van der Waals surface area contributed by atoms with E-state index < -0.39 is 6.10 Å². The molecule has 1 fully saturated rings. The number of hydrogen-bond donors (Lipinski definition) is 3. The highest BCUT2D eigenvalue weighted by molar-refractivity contribution is 5.81. The van der Waals surface area contributed by atoms with E-state index in [0.29, 0.717) is 29.9 Å². The number of nitrogens with two attached hydrogens (primary N) is 2. The second-order valence-corrected chi connectivity index (χ2v) is 5.83. The van der Waals surface area contributed by atoms with E-state index in [9.17, 15) is 9.90 Å². The maximum Gasteiger partial charge on any atom is 0.223 e. The lowest BCUT2D eigenvalue weighted by molar-refractivity contribution is -0.133. The van der Waals surface area contributed by atoms with Crippen molar-refractivity contribution in [2.45, 2.75) is 37.5 Å². The summed E-state index contributed by atoms with van der Waals surface area (Å²) in [5.41, 5.74) is 12.3. The van der Waals surface area contributed by atoms with Gasteiger partial charge in [-0.2, -0.15) is 0 Å². The Kier molecular flexibility index (Phi) is 4.14. The number of hydrogen-bond acceptors (Lipinski definition) is 7. The maximum absolute atomic E-state index is 12.0. The van der Waals surface area contributed by atoms with Gasteiger partial charge in [0.05, 0.1) is 24.5 Å². The van der Waals surface area contributed by atoms with Crippen molar-refractivity contribution in [2.24, 2.45) is 5.73 Å². The van der Waals surface area contributed by atoms with Gasteiger partial charge in [-0.05, 0) is 12.8 Å². The smallest absolute Gasteiger partial charge is 0.223 e. The minimum Gasteiger partial charge on any atom is -0.389 e. The Morgan fingerprint density at radius 2 is 2.22 bits per heavy atom. The average Bonchev–Trinajstić information content (AvgIpc) is 3.11. The molecule has 0 aliphatic heterocycles. The Morgan fingerprint density at radius 3 is 2.96 bits per heavy atom. The molecule has 5 N–H and O–H groups in total. The molecule has 2 heterocycles. The number of amides is 1. The summed E-state index contributed by atoms with van der Waals surface area (Å²) in [7, 11) is 1.71. The van der Waals surface area contributed by atoms with Crippen LogP contribution in [-0.2, 0) is 4.79 Å². The Morgan fingerprint density at radius 1 is 1.43 bits per heavy atom. The number of likely N-dealkylation sites (N-methyl/N-ethyl adjacent to an activating group) is 1. The first-order valence-corrected chi connectivity index (χ1v) is 7.61. The van der Waals surface area contributed by atoms with Gasteiger partial charge in [-0.3, -0.25) is 4.79 Å². The van der Waals surface area contributed by atoms with Crippen molar-refractivity contribution in [1.82, 2.24) is 24.4 Å². The number of fused-ring (bicyclic) bond motifs is 1. The number of imidazole rings is 1. The highest BCUT2D eigenvalue weighted by atomic mass is 16.3. The third kappa shape index (κ3) is 2.62. The second kappa shape index (κ2) is 6.09. The van der Waals surface area contributed by atoms with E-state index in [4.69, 9.17) is 11.5 Å². The molecule has 2 aromatic rings. The molecule has 1 saturated carbocycles. The lowest BCUT2D eigenvalue weighted by Gasteiger charge is -2.29. The van der Waals surface area contributed by atoms with Crippen LogP contribution < -0.4 is 11.5 Å². The first-order chi connectivity index (χ1) is 11.0. The van der Waals surface area contributed by atoms with Crippen LogP contribution in [0, 0.1) is 0 Å². The van der Waals surface area contributed by atoms with Crippen molar-refractivity contribution in [1.29, 1.82) is 0 Å². The molecule has 3 rings (SSSR count). The van der Waals surface area contributed by atoms with Gasteiger partial charge in [0.2, 0.25) is 5.91 Å². The number of aliphatic hydroxyl groups is 1. The number of anilines is 1. The summed E-state index contributed by atoms with van der Waals surface area (Å²) in [4.78, 5) is 26.0. The lowest BCUT2D eigenvalue weighted by atomic mass is 10.1. The number of nitrogen functional groups attached to an aromatic ring is 1. The summed E-state index contributed by atoms with van der Waals surface area (Å²) in [6, 6.07) is -0.442. The van der Waals surface area contributed by atoms with Gasteiger partial charge in [0.25, 0.3) is 0 Å². The van der Waals surface area contributed by atoms with Crippen LogP contribution in [0.5, 0.6) is 0 Å². The minimum atomic E-state index is -0.699. The van der Waals surface area contributed by atoms with Gasteiger partial charge in [0.15, 0.2) is 11.5 Å². The molecule has 0 saturated heterocycles. The molecule has 1 aliphatic rings. The third-order valence-electron chi connectivity index (χ3n) is 4.54. The maximum atomic E-state index is 12.0. The highest BCUT2D eigenvalue weighted by Gasteiger charge is 2.40. The molecule has 1 aliphatic carbocycles. The van der Waals surface area contributed by atoms with E-state index in [-0.39, 0.29) is 24.4 Å². The quantitative estimate of drug-likeness (QED) is 0.676. The summed E-state index contributed by atoms with van der Waals surface area (Å²) in [5.74, 6) is 0.257. The predicted octanol–water partition coefficient (Wildman–Crippen LogP) is -0.720. The Hall–Kier alpha value is -2.26. The molecule has 0 radical (unpaired) electrons. The van der Waals surface area contributed by atoms with Gasteiger partial charge in [-0.1, -0.05) is 0 Å². The lowest BCUT2D eigenvalue weighted by Crippen LogP contribution is -2.44. The number of rotatable bonds is 4. The summed E-state index contributed by atoms with van der Waals surface area (Å²) < 4.78 is 1.82. The van der Waals surface area contributed by atoms with Crippen LogP contribution in [0.15, 0.2) is 12.7 Å². The van der Waals surface area contributed by atoms with Crippen LogP contribution in [0.25, 0.3) is 11.2 Å². The topological polar surface area (TPSA) is 136 Å². The van der Waals surface area contributed by atoms with Crippen molar-refractivity contribution in [2.75, 3.05) is 19.3 Å². The first kappa shape index (κ1) is 15.6. The van der Waals surface area contributed by atoms with Crippen LogP contribution >= 0.6 is 0 Å². The summed E-state index contributed by atoms with van der Waals surface area (Å²) in [5, 5.41) is 10.7. The van der Waals surface area contributed by atoms with Gasteiger partial charge in [0.1, 0.15) is 11.8 Å². The van der Waals surface area contributed by atoms with Crippen LogP contribution in [0.2, 0.25) is 0 Å². The van der Waals surface area contributed by atoms with Crippen molar-refractivity contribution < 1.29 is 9.90 Å². The predicted molar refractivity (Wildman–Crippen MR) is 84.2 cm³/mol.